The molecule has 1 aliphatic heterocycles. The first kappa shape index (κ1) is 19.3. The second kappa shape index (κ2) is 7.63. The molecule has 0 radical (unpaired) electrons. The van der Waals surface area contributed by atoms with E-state index in [4.69, 9.17) is 14.5 Å². The van der Waals surface area contributed by atoms with Crippen LogP contribution < -0.4 is 9.47 Å². The summed E-state index contributed by atoms with van der Waals surface area (Å²) in [6, 6.07) is 23.2. The van der Waals surface area contributed by atoms with Crippen LogP contribution in [0.15, 0.2) is 79.1 Å². The number of nitrogens with zero attached hydrogens (tertiary/aromatic N) is 4. The van der Waals surface area contributed by atoms with Crippen molar-refractivity contribution in [1.29, 1.82) is 0 Å². The minimum absolute atomic E-state index is 0.142. The van der Waals surface area contributed by atoms with Gasteiger partial charge in [0.1, 0.15) is 30.2 Å². The van der Waals surface area contributed by atoms with E-state index in [-0.39, 0.29) is 18.3 Å². The Hall–Kier alpha value is -4.39. The van der Waals surface area contributed by atoms with Gasteiger partial charge in [-0.25, -0.2) is 14.5 Å². The highest BCUT2D eigenvalue weighted by Crippen LogP contribution is 2.48. The highest BCUT2D eigenvalue weighted by Gasteiger charge is 2.33. The fourth-order valence-corrected chi connectivity index (χ4v) is 4.18. The first-order chi connectivity index (χ1) is 16.2. The number of hydrogen-bond donors (Lipinski definition) is 1. The normalized spacial score (nSPS) is 14.4. The fraction of sp³-hybridized carbons (Fsp3) is 0.115. The standard InChI is InChI=1S/C26H20N4O3/c1-16-7-10-19(11-8-16)32-14-22-28-25-24-23(17-5-3-2-4-6-17)20-12-9-18(31)13-21(20)33-26(24)27-15-30(25)29-22/h2-13,15,23,31H,14H2,1H3/t23-/m0/s1. The lowest BCUT2D eigenvalue weighted by Gasteiger charge is -2.27. The Morgan fingerprint density at radius 3 is 2.67 bits per heavy atom. The molecule has 1 aliphatic rings. The summed E-state index contributed by atoms with van der Waals surface area (Å²) in [6.07, 6.45) is 1.59. The number of aromatic hydroxyl groups is 1. The van der Waals surface area contributed by atoms with Gasteiger partial charge < -0.3 is 14.6 Å². The lowest BCUT2D eigenvalue weighted by molar-refractivity contribution is 0.296. The molecule has 33 heavy (non-hydrogen) atoms. The highest BCUT2D eigenvalue weighted by atomic mass is 16.5. The maximum atomic E-state index is 10.00. The predicted octanol–water partition coefficient (Wildman–Crippen LogP) is 5.00. The van der Waals surface area contributed by atoms with Crippen molar-refractivity contribution in [3.8, 4) is 23.1 Å². The van der Waals surface area contributed by atoms with E-state index in [0.29, 0.717) is 23.1 Å². The third-order valence-corrected chi connectivity index (χ3v) is 5.76. The molecule has 0 unspecified atom stereocenters. The van der Waals surface area contributed by atoms with Gasteiger partial charge in [-0.3, -0.25) is 0 Å². The number of fused-ring (bicyclic) bond motifs is 4. The summed E-state index contributed by atoms with van der Waals surface area (Å²) < 4.78 is 13.6. The van der Waals surface area contributed by atoms with Gasteiger partial charge >= 0.3 is 0 Å². The Bertz CT molecular complexity index is 1460. The largest absolute Gasteiger partial charge is 0.508 e. The maximum Gasteiger partial charge on any atom is 0.228 e. The van der Waals surface area contributed by atoms with Crippen LogP contribution in [0.1, 0.15) is 34.0 Å². The molecular formula is C26H20N4O3. The smallest absolute Gasteiger partial charge is 0.228 e. The zero-order valence-corrected chi connectivity index (χ0v) is 17.8. The van der Waals surface area contributed by atoms with Crippen molar-refractivity contribution in [2.75, 3.05) is 0 Å². The SMILES string of the molecule is Cc1ccc(OCc2nc3c4c(ncn3n2)Oc2cc(O)ccc2[C@@H]4c2ccccc2)cc1. The van der Waals surface area contributed by atoms with Crippen molar-refractivity contribution in [2.45, 2.75) is 19.4 Å². The van der Waals surface area contributed by atoms with Gasteiger partial charge in [0.2, 0.25) is 5.88 Å². The Morgan fingerprint density at radius 1 is 1.03 bits per heavy atom. The number of phenolic OH excluding ortho intramolecular Hbond substituents is 1. The van der Waals surface area contributed by atoms with Gasteiger partial charge in [-0.15, -0.1) is 5.10 Å². The van der Waals surface area contributed by atoms with E-state index in [2.05, 4.69) is 22.2 Å². The second-order valence-electron chi connectivity index (χ2n) is 8.03. The zero-order valence-electron chi connectivity index (χ0n) is 17.8. The van der Waals surface area contributed by atoms with E-state index < -0.39 is 0 Å². The van der Waals surface area contributed by atoms with Crippen LogP contribution in [0.3, 0.4) is 0 Å². The molecule has 0 aliphatic carbocycles. The predicted molar refractivity (Wildman–Crippen MR) is 122 cm³/mol. The first-order valence-electron chi connectivity index (χ1n) is 10.6. The van der Waals surface area contributed by atoms with Crippen LogP contribution in [0.5, 0.6) is 23.1 Å². The third kappa shape index (κ3) is 3.43. The minimum Gasteiger partial charge on any atom is -0.508 e. The summed E-state index contributed by atoms with van der Waals surface area (Å²) in [6.45, 7) is 2.27. The van der Waals surface area contributed by atoms with Gasteiger partial charge in [-0.1, -0.05) is 54.1 Å². The van der Waals surface area contributed by atoms with Crippen LogP contribution >= 0.6 is 0 Å². The molecule has 0 fully saturated rings. The van der Waals surface area contributed by atoms with Crippen molar-refractivity contribution >= 4 is 5.65 Å². The summed E-state index contributed by atoms with van der Waals surface area (Å²) in [5.74, 6) is 2.32. The van der Waals surface area contributed by atoms with E-state index >= 15 is 0 Å². The molecule has 7 nitrogen and oxygen atoms in total. The van der Waals surface area contributed by atoms with Crippen molar-refractivity contribution in [2.24, 2.45) is 0 Å². The van der Waals surface area contributed by atoms with Crippen molar-refractivity contribution in [1.82, 2.24) is 19.6 Å². The fourth-order valence-electron chi connectivity index (χ4n) is 4.18. The van der Waals surface area contributed by atoms with E-state index in [0.717, 1.165) is 22.4 Å². The molecule has 5 aromatic rings. The molecule has 0 spiro atoms. The summed E-state index contributed by atoms with van der Waals surface area (Å²) in [5, 5.41) is 14.6. The molecular weight excluding hydrogens is 416 g/mol. The van der Waals surface area contributed by atoms with Crippen LogP contribution in [-0.2, 0) is 6.61 Å². The molecule has 7 heteroatoms. The minimum atomic E-state index is -0.170. The first-order valence-corrected chi connectivity index (χ1v) is 10.6. The van der Waals surface area contributed by atoms with E-state index in [1.54, 1.807) is 23.0 Å². The second-order valence-corrected chi connectivity index (χ2v) is 8.03. The molecule has 1 atom stereocenters. The lowest BCUT2D eigenvalue weighted by Crippen LogP contribution is -2.14. The molecule has 1 N–H and O–H groups in total. The van der Waals surface area contributed by atoms with Crippen LogP contribution in [0.25, 0.3) is 5.65 Å². The Kier molecular flexibility index (Phi) is 4.47. The Balaban J connectivity index is 1.44. The molecule has 0 saturated carbocycles. The third-order valence-electron chi connectivity index (χ3n) is 5.76. The number of ether oxygens (including phenoxy) is 2. The average molecular weight is 436 g/mol. The van der Waals surface area contributed by atoms with Crippen molar-refractivity contribution in [3.05, 3.63) is 107 Å². The molecule has 0 bridgehead atoms. The summed E-state index contributed by atoms with van der Waals surface area (Å²) in [4.78, 5) is 9.29. The molecule has 3 heterocycles. The maximum absolute atomic E-state index is 10.00. The number of rotatable bonds is 4. The number of hydrogen-bond acceptors (Lipinski definition) is 6. The topological polar surface area (TPSA) is 81.8 Å². The van der Waals surface area contributed by atoms with Crippen LogP contribution in [0, 0.1) is 6.92 Å². The highest BCUT2D eigenvalue weighted by molar-refractivity contribution is 5.66. The van der Waals surface area contributed by atoms with Gasteiger partial charge in [-0.2, -0.15) is 0 Å². The van der Waals surface area contributed by atoms with Gasteiger partial charge in [0.25, 0.3) is 0 Å². The Labute approximate surface area is 189 Å². The monoisotopic (exact) mass is 436 g/mol. The number of aromatic nitrogens is 4. The molecule has 3 aromatic carbocycles. The zero-order chi connectivity index (χ0) is 22.4. The molecule has 162 valence electrons. The van der Waals surface area contributed by atoms with Crippen molar-refractivity contribution in [3.63, 3.8) is 0 Å². The van der Waals surface area contributed by atoms with Gasteiger partial charge in [0.15, 0.2) is 11.5 Å². The van der Waals surface area contributed by atoms with Crippen molar-refractivity contribution < 1.29 is 14.6 Å². The summed E-state index contributed by atoms with van der Waals surface area (Å²) in [7, 11) is 0. The number of benzene rings is 3. The summed E-state index contributed by atoms with van der Waals surface area (Å²) >= 11 is 0. The molecule has 2 aromatic heterocycles. The van der Waals surface area contributed by atoms with Gasteiger partial charge in [-0.05, 0) is 30.7 Å². The quantitative estimate of drug-likeness (QED) is 0.419. The molecule has 6 rings (SSSR count). The number of aryl methyl sites for hydroxylation is 1. The number of phenols is 1. The van der Waals surface area contributed by atoms with E-state index in [9.17, 15) is 5.11 Å². The average Bonchev–Trinajstić information content (AvgIpc) is 3.26. The van der Waals surface area contributed by atoms with Crippen LogP contribution in [-0.4, -0.2) is 24.7 Å². The van der Waals surface area contributed by atoms with Gasteiger partial charge in [0, 0.05) is 17.5 Å². The van der Waals surface area contributed by atoms with E-state index in [1.807, 2.05) is 55.5 Å². The van der Waals surface area contributed by atoms with Crippen LogP contribution in [0.2, 0.25) is 0 Å². The van der Waals surface area contributed by atoms with E-state index in [1.165, 1.54) is 5.56 Å². The Morgan fingerprint density at radius 2 is 1.85 bits per heavy atom. The molecule has 0 amide bonds. The molecule has 0 saturated heterocycles. The van der Waals surface area contributed by atoms with Crippen LogP contribution in [0.4, 0.5) is 0 Å². The summed E-state index contributed by atoms with van der Waals surface area (Å²) in [5.41, 5.74) is 4.67. The lowest BCUT2D eigenvalue weighted by atomic mass is 9.84. The van der Waals surface area contributed by atoms with Gasteiger partial charge in [0.05, 0.1) is 5.56 Å².